The number of halogens is 2. The van der Waals surface area contributed by atoms with Crippen molar-refractivity contribution < 1.29 is 9.13 Å². The Morgan fingerprint density at radius 3 is 2.72 bits per heavy atom. The molecule has 1 unspecified atom stereocenters. The third-order valence-corrected chi connectivity index (χ3v) is 3.07. The number of hydrogen-bond acceptors (Lipinski definition) is 2. The van der Waals surface area contributed by atoms with Crippen LogP contribution in [0.5, 0.6) is 0 Å². The van der Waals surface area contributed by atoms with E-state index >= 15 is 0 Å². The Hall–Kier alpha value is -0.450. The van der Waals surface area contributed by atoms with Crippen LogP contribution in [0.15, 0.2) is 22.7 Å². The summed E-state index contributed by atoms with van der Waals surface area (Å²) in [5, 5.41) is 3.43. The zero-order valence-corrected chi connectivity index (χ0v) is 12.6. The lowest BCUT2D eigenvalue weighted by Gasteiger charge is -2.18. The Kier molecular flexibility index (Phi) is 7.47. The molecule has 0 aliphatic rings. The van der Waals surface area contributed by atoms with E-state index in [1.165, 1.54) is 6.07 Å². The molecule has 1 atom stereocenters. The van der Waals surface area contributed by atoms with Gasteiger partial charge in [-0.1, -0.05) is 22.9 Å². The molecule has 0 spiro atoms. The quantitative estimate of drug-likeness (QED) is 0.792. The summed E-state index contributed by atoms with van der Waals surface area (Å²) in [6.45, 7) is 6.43. The van der Waals surface area contributed by atoms with Crippen molar-refractivity contribution in [1.82, 2.24) is 5.32 Å². The van der Waals surface area contributed by atoms with Gasteiger partial charge >= 0.3 is 0 Å². The van der Waals surface area contributed by atoms with Crippen molar-refractivity contribution in [2.24, 2.45) is 0 Å². The fraction of sp³-hybridized carbons (Fsp3) is 0.571. The van der Waals surface area contributed by atoms with Crippen molar-refractivity contribution in [2.45, 2.75) is 32.7 Å². The first-order valence-electron chi connectivity index (χ1n) is 6.41. The molecule has 1 rings (SSSR count). The highest BCUT2D eigenvalue weighted by Crippen LogP contribution is 2.16. The van der Waals surface area contributed by atoms with Crippen LogP contribution < -0.4 is 5.32 Å². The molecular weight excluding hydrogens is 297 g/mol. The van der Waals surface area contributed by atoms with Crippen LogP contribution in [0, 0.1) is 5.82 Å². The maximum Gasteiger partial charge on any atom is 0.124 e. The molecule has 0 heterocycles. The normalized spacial score (nSPS) is 12.7. The Bertz CT molecular complexity index is 331. The molecule has 18 heavy (non-hydrogen) atoms. The van der Waals surface area contributed by atoms with Crippen LogP contribution in [0.25, 0.3) is 0 Å². The van der Waals surface area contributed by atoms with E-state index in [0.29, 0.717) is 13.2 Å². The fourth-order valence-corrected chi connectivity index (χ4v) is 2.32. The van der Waals surface area contributed by atoms with E-state index in [1.54, 1.807) is 6.07 Å². The molecule has 1 N–H and O–H groups in total. The minimum Gasteiger partial charge on any atom is -0.380 e. The second-order valence-electron chi connectivity index (χ2n) is 4.29. The Labute approximate surface area is 117 Å². The van der Waals surface area contributed by atoms with Gasteiger partial charge in [0.2, 0.25) is 0 Å². The first-order chi connectivity index (χ1) is 8.65. The lowest BCUT2D eigenvalue weighted by atomic mass is 10.1. The Balaban J connectivity index is 2.62. The fourth-order valence-electron chi connectivity index (χ4n) is 1.81. The molecule has 0 aliphatic heterocycles. The van der Waals surface area contributed by atoms with Crippen molar-refractivity contribution in [3.63, 3.8) is 0 Å². The van der Waals surface area contributed by atoms with Crippen molar-refractivity contribution in [3.8, 4) is 0 Å². The van der Waals surface area contributed by atoms with Crippen LogP contribution in [0.3, 0.4) is 0 Å². The van der Waals surface area contributed by atoms with E-state index in [0.717, 1.165) is 29.4 Å². The van der Waals surface area contributed by atoms with Gasteiger partial charge in [0.15, 0.2) is 0 Å². The highest BCUT2D eigenvalue weighted by molar-refractivity contribution is 9.10. The predicted molar refractivity (Wildman–Crippen MR) is 76.4 cm³/mol. The Morgan fingerprint density at radius 2 is 2.11 bits per heavy atom. The van der Waals surface area contributed by atoms with Gasteiger partial charge in [0.1, 0.15) is 5.82 Å². The second-order valence-corrected chi connectivity index (χ2v) is 5.21. The molecule has 1 aromatic carbocycles. The van der Waals surface area contributed by atoms with Crippen molar-refractivity contribution in [1.29, 1.82) is 0 Å². The number of hydrogen-bond donors (Lipinski definition) is 1. The molecule has 0 aliphatic carbocycles. The van der Waals surface area contributed by atoms with E-state index in [4.69, 9.17) is 4.74 Å². The standard InChI is InChI=1S/C14H21BrFNO/c1-3-5-17-14(10-18-4-2)8-11-6-12(15)9-13(16)7-11/h6-7,9,14,17H,3-5,8,10H2,1-2H3. The minimum absolute atomic E-state index is 0.204. The van der Waals surface area contributed by atoms with E-state index < -0.39 is 0 Å². The number of ether oxygens (including phenoxy) is 1. The van der Waals surface area contributed by atoms with Gasteiger partial charge in [-0.25, -0.2) is 4.39 Å². The van der Waals surface area contributed by atoms with Crippen molar-refractivity contribution in [2.75, 3.05) is 19.8 Å². The largest absolute Gasteiger partial charge is 0.380 e. The predicted octanol–water partition coefficient (Wildman–Crippen LogP) is 3.54. The zero-order valence-electron chi connectivity index (χ0n) is 11.0. The minimum atomic E-state index is -0.204. The van der Waals surface area contributed by atoms with Gasteiger partial charge in [-0.05, 0) is 50.1 Å². The summed E-state index contributed by atoms with van der Waals surface area (Å²) in [6.07, 6.45) is 1.85. The molecule has 4 heteroatoms. The van der Waals surface area contributed by atoms with Crippen LogP contribution in [0.2, 0.25) is 0 Å². The lowest BCUT2D eigenvalue weighted by molar-refractivity contribution is 0.122. The number of nitrogens with one attached hydrogen (secondary N) is 1. The molecule has 0 amide bonds. The second kappa shape index (κ2) is 8.62. The number of rotatable bonds is 8. The molecule has 0 aromatic heterocycles. The van der Waals surface area contributed by atoms with Crippen LogP contribution >= 0.6 is 15.9 Å². The first kappa shape index (κ1) is 15.6. The van der Waals surface area contributed by atoms with Gasteiger partial charge in [-0.2, -0.15) is 0 Å². The van der Waals surface area contributed by atoms with E-state index in [1.807, 2.05) is 13.0 Å². The lowest BCUT2D eigenvalue weighted by Crippen LogP contribution is -2.36. The summed E-state index contributed by atoms with van der Waals surface area (Å²) in [4.78, 5) is 0. The molecule has 0 saturated heterocycles. The molecule has 0 radical (unpaired) electrons. The van der Waals surface area contributed by atoms with Gasteiger partial charge in [0.25, 0.3) is 0 Å². The molecule has 0 saturated carbocycles. The summed E-state index contributed by atoms with van der Waals surface area (Å²) >= 11 is 3.32. The van der Waals surface area contributed by atoms with Gasteiger partial charge in [0.05, 0.1) is 6.61 Å². The van der Waals surface area contributed by atoms with Crippen molar-refractivity contribution in [3.05, 3.63) is 34.1 Å². The molecule has 2 nitrogen and oxygen atoms in total. The van der Waals surface area contributed by atoms with Gasteiger partial charge < -0.3 is 10.1 Å². The first-order valence-corrected chi connectivity index (χ1v) is 7.21. The molecule has 0 bridgehead atoms. The van der Waals surface area contributed by atoms with E-state index in [2.05, 4.69) is 28.2 Å². The molecule has 0 fully saturated rings. The summed E-state index contributed by atoms with van der Waals surface area (Å²) in [7, 11) is 0. The van der Waals surface area contributed by atoms with Crippen LogP contribution in [0.4, 0.5) is 4.39 Å². The Morgan fingerprint density at radius 1 is 1.33 bits per heavy atom. The van der Waals surface area contributed by atoms with E-state index in [9.17, 15) is 4.39 Å². The highest BCUT2D eigenvalue weighted by atomic mass is 79.9. The van der Waals surface area contributed by atoms with Gasteiger partial charge in [0, 0.05) is 17.1 Å². The van der Waals surface area contributed by atoms with E-state index in [-0.39, 0.29) is 11.9 Å². The topological polar surface area (TPSA) is 21.3 Å². The maximum absolute atomic E-state index is 13.3. The molecular formula is C14H21BrFNO. The SMILES string of the molecule is CCCNC(COCC)Cc1cc(F)cc(Br)c1. The van der Waals surface area contributed by atoms with Gasteiger partial charge in [-0.3, -0.25) is 0 Å². The van der Waals surface area contributed by atoms with Crippen LogP contribution in [0.1, 0.15) is 25.8 Å². The highest BCUT2D eigenvalue weighted by Gasteiger charge is 2.10. The maximum atomic E-state index is 13.3. The zero-order chi connectivity index (χ0) is 13.4. The average molecular weight is 318 g/mol. The average Bonchev–Trinajstić information content (AvgIpc) is 2.31. The third-order valence-electron chi connectivity index (χ3n) is 2.61. The third kappa shape index (κ3) is 5.94. The van der Waals surface area contributed by atoms with Crippen LogP contribution in [-0.2, 0) is 11.2 Å². The molecule has 1 aromatic rings. The van der Waals surface area contributed by atoms with Gasteiger partial charge in [-0.15, -0.1) is 0 Å². The summed E-state index contributed by atoms with van der Waals surface area (Å²) in [5.74, 6) is -0.204. The van der Waals surface area contributed by atoms with Crippen LogP contribution in [-0.4, -0.2) is 25.8 Å². The summed E-state index contributed by atoms with van der Waals surface area (Å²) in [5.41, 5.74) is 0.982. The molecule has 102 valence electrons. The number of benzene rings is 1. The van der Waals surface area contributed by atoms with Crippen molar-refractivity contribution >= 4 is 15.9 Å². The summed E-state index contributed by atoms with van der Waals surface area (Å²) < 4.78 is 19.5. The monoisotopic (exact) mass is 317 g/mol. The summed E-state index contributed by atoms with van der Waals surface area (Å²) in [6, 6.07) is 5.24. The smallest absolute Gasteiger partial charge is 0.124 e.